The highest BCUT2D eigenvalue weighted by atomic mass is 32.2. The van der Waals surface area contributed by atoms with Gasteiger partial charge < -0.3 is 19.6 Å². The number of unbranched alkanes of at least 4 members (excludes halogenated alkanes) is 1. The van der Waals surface area contributed by atoms with Crippen molar-refractivity contribution in [1.82, 2.24) is 9.80 Å². The second-order valence-corrected chi connectivity index (χ2v) is 10.2. The maximum Gasteiger partial charge on any atom is 0.311 e. The van der Waals surface area contributed by atoms with Gasteiger partial charge in [-0.2, -0.15) is 0 Å². The SMILES string of the molecule is CCCCN1CC=C[C@]23S[C@H]4/C=C\CCCOC(=O)[C@H]4[C@H]2C(=O)N(CCCO)C3C1=O. The molecule has 1 unspecified atom stereocenters. The Balaban J connectivity index is 1.77. The van der Waals surface area contributed by atoms with E-state index in [0.717, 1.165) is 25.7 Å². The van der Waals surface area contributed by atoms with E-state index >= 15 is 0 Å². The summed E-state index contributed by atoms with van der Waals surface area (Å²) < 4.78 is 4.75. The molecule has 0 aromatic carbocycles. The van der Waals surface area contributed by atoms with E-state index < -0.39 is 22.6 Å². The molecule has 170 valence electrons. The average molecular weight is 449 g/mol. The third-order valence-electron chi connectivity index (χ3n) is 6.77. The molecule has 2 amide bonds. The average Bonchev–Trinajstić information content (AvgIpc) is 3.16. The van der Waals surface area contributed by atoms with Gasteiger partial charge in [-0.1, -0.05) is 37.6 Å². The number of cyclic esters (lactones) is 1. The van der Waals surface area contributed by atoms with Crippen molar-refractivity contribution in [3.8, 4) is 0 Å². The molecule has 5 atom stereocenters. The number of carbonyl (C=O) groups excluding carboxylic acids is 3. The second-order valence-electron chi connectivity index (χ2n) is 8.73. The monoisotopic (exact) mass is 448 g/mol. The van der Waals surface area contributed by atoms with Crippen molar-refractivity contribution in [1.29, 1.82) is 0 Å². The lowest BCUT2D eigenvalue weighted by atomic mass is 9.78. The number of rotatable bonds is 6. The zero-order valence-corrected chi connectivity index (χ0v) is 18.9. The van der Waals surface area contributed by atoms with Crippen molar-refractivity contribution in [3.63, 3.8) is 0 Å². The minimum absolute atomic E-state index is 0.0522. The third-order valence-corrected chi connectivity index (χ3v) is 8.52. The molecule has 0 bridgehead atoms. The molecule has 0 radical (unpaired) electrons. The van der Waals surface area contributed by atoms with Crippen LogP contribution in [0.1, 0.15) is 39.0 Å². The van der Waals surface area contributed by atoms with Crippen LogP contribution in [0.25, 0.3) is 0 Å². The fraction of sp³-hybridized carbons (Fsp3) is 0.696. The molecule has 2 fully saturated rings. The summed E-state index contributed by atoms with van der Waals surface area (Å²) in [6, 6.07) is -0.659. The minimum atomic E-state index is -0.789. The van der Waals surface area contributed by atoms with E-state index in [1.165, 1.54) is 0 Å². The number of aliphatic hydroxyl groups excluding tert-OH is 1. The van der Waals surface area contributed by atoms with Gasteiger partial charge in [-0.25, -0.2) is 0 Å². The van der Waals surface area contributed by atoms with Crippen LogP contribution in [-0.2, 0) is 19.1 Å². The molecule has 0 saturated carbocycles. The Morgan fingerprint density at radius 2 is 2.03 bits per heavy atom. The Morgan fingerprint density at radius 3 is 2.81 bits per heavy atom. The predicted molar refractivity (Wildman–Crippen MR) is 118 cm³/mol. The van der Waals surface area contributed by atoms with Gasteiger partial charge >= 0.3 is 5.97 Å². The molecule has 7 nitrogen and oxygen atoms in total. The lowest BCUT2D eigenvalue weighted by molar-refractivity contribution is -0.153. The first-order chi connectivity index (χ1) is 15.0. The maximum absolute atomic E-state index is 13.7. The molecule has 4 aliphatic heterocycles. The number of aliphatic hydroxyl groups is 1. The molecule has 4 aliphatic rings. The van der Waals surface area contributed by atoms with Gasteiger partial charge in [0.15, 0.2) is 0 Å². The number of esters is 1. The van der Waals surface area contributed by atoms with Crippen LogP contribution in [0.2, 0.25) is 0 Å². The van der Waals surface area contributed by atoms with E-state index in [0.29, 0.717) is 32.7 Å². The van der Waals surface area contributed by atoms with E-state index in [-0.39, 0.29) is 29.6 Å². The Labute approximate surface area is 187 Å². The summed E-state index contributed by atoms with van der Waals surface area (Å²) in [5.74, 6) is -1.79. The molecule has 0 aromatic heterocycles. The highest BCUT2D eigenvalue weighted by Crippen LogP contribution is 2.60. The summed E-state index contributed by atoms with van der Waals surface area (Å²) in [6.07, 6.45) is 12.0. The van der Waals surface area contributed by atoms with Crippen LogP contribution in [0, 0.1) is 11.8 Å². The number of hydrogen-bond acceptors (Lipinski definition) is 6. The van der Waals surface area contributed by atoms with E-state index in [4.69, 9.17) is 4.74 Å². The molecular formula is C23H32N2O5S. The van der Waals surface area contributed by atoms with Gasteiger partial charge in [0.1, 0.15) is 6.04 Å². The van der Waals surface area contributed by atoms with Gasteiger partial charge in [0, 0.05) is 31.5 Å². The summed E-state index contributed by atoms with van der Waals surface area (Å²) in [6.45, 7) is 3.86. The van der Waals surface area contributed by atoms with Crippen LogP contribution in [0.4, 0.5) is 0 Å². The quantitative estimate of drug-likeness (QED) is 0.492. The van der Waals surface area contributed by atoms with Crippen molar-refractivity contribution in [3.05, 3.63) is 24.3 Å². The summed E-state index contributed by atoms with van der Waals surface area (Å²) in [5, 5.41) is 9.20. The van der Waals surface area contributed by atoms with Crippen LogP contribution in [-0.4, -0.2) is 81.6 Å². The summed E-state index contributed by atoms with van der Waals surface area (Å²) in [5.41, 5.74) is 0. The lowest BCUT2D eigenvalue weighted by Crippen LogP contribution is -2.53. The third kappa shape index (κ3) is 3.82. The number of allylic oxidation sites excluding steroid dienone is 1. The first-order valence-corrected chi connectivity index (χ1v) is 12.3. The summed E-state index contributed by atoms with van der Waals surface area (Å²) in [7, 11) is 0. The molecule has 4 heterocycles. The number of carbonyl (C=O) groups is 3. The summed E-state index contributed by atoms with van der Waals surface area (Å²) in [4.78, 5) is 44.0. The zero-order chi connectivity index (χ0) is 22.0. The fourth-order valence-corrected chi connectivity index (χ4v) is 7.33. The molecule has 1 spiro atoms. The normalized spacial score (nSPS) is 36.1. The number of amides is 2. The van der Waals surface area contributed by atoms with Gasteiger partial charge in [0.05, 0.1) is 23.2 Å². The molecule has 0 aliphatic carbocycles. The van der Waals surface area contributed by atoms with Gasteiger partial charge in [-0.15, -0.1) is 11.8 Å². The van der Waals surface area contributed by atoms with Gasteiger partial charge in [-0.05, 0) is 25.7 Å². The Kier molecular flexibility index (Phi) is 6.77. The zero-order valence-electron chi connectivity index (χ0n) is 18.1. The maximum atomic E-state index is 13.7. The van der Waals surface area contributed by atoms with E-state index in [2.05, 4.69) is 13.0 Å². The van der Waals surface area contributed by atoms with E-state index in [1.54, 1.807) is 16.7 Å². The van der Waals surface area contributed by atoms with E-state index in [9.17, 15) is 19.5 Å². The number of nitrogens with zero attached hydrogens (tertiary/aromatic N) is 2. The topological polar surface area (TPSA) is 87.2 Å². The van der Waals surface area contributed by atoms with Gasteiger partial charge in [0.25, 0.3) is 0 Å². The highest BCUT2D eigenvalue weighted by Gasteiger charge is 2.70. The second kappa shape index (κ2) is 9.36. The predicted octanol–water partition coefficient (Wildman–Crippen LogP) is 1.76. The largest absolute Gasteiger partial charge is 0.465 e. The molecule has 0 aromatic rings. The van der Waals surface area contributed by atoms with Crippen LogP contribution >= 0.6 is 11.8 Å². The van der Waals surface area contributed by atoms with Gasteiger partial charge in [-0.3, -0.25) is 14.4 Å². The number of likely N-dealkylation sites (tertiary alicyclic amines) is 1. The van der Waals surface area contributed by atoms with Crippen LogP contribution in [0.3, 0.4) is 0 Å². The first kappa shape index (κ1) is 22.4. The number of ether oxygens (including phenoxy) is 1. The van der Waals surface area contributed by atoms with Crippen molar-refractivity contribution in [2.45, 2.75) is 55.1 Å². The molecule has 4 rings (SSSR count). The molecule has 31 heavy (non-hydrogen) atoms. The van der Waals surface area contributed by atoms with Crippen molar-refractivity contribution >= 4 is 29.5 Å². The van der Waals surface area contributed by atoms with E-state index in [1.807, 2.05) is 23.1 Å². The Morgan fingerprint density at radius 1 is 1.19 bits per heavy atom. The fourth-order valence-electron chi connectivity index (χ4n) is 5.33. The number of fused-ring (bicyclic) bond motifs is 2. The van der Waals surface area contributed by atoms with Crippen LogP contribution < -0.4 is 0 Å². The van der Waals surface area contributed by atoms with Crippen molar-refractivity contribution in [2.75, 3.05) is 32.8 Å². The van der Waals surface area contributed by atoms with Crippen LogP contribution in [0.15, 0.2) is 24.3 Å². The number of thioether (sulfide) groups is 1. The smallest absolute Gasteiger partial charge is 0.311 e. The Hall–Kier alpha value is -1.80. The van der Waals surface area contributed by atoms with Crippen molar-refractivity contribution in [2.24, 2.45) is 11.8 Å². The van der Waals surface area contributed by atoms with Gasteiger partial charge in [0.2, 0.25) is 11.8 Å². The first-order valence-electron chi connectivity index (χ1n) is 11.4. The molecular weight excluding hydrogens is 416 g/mol. The lowest BCUT2D eigenvalue weighted by Gasteiger charge is -2.35. The number of hydrogen-bond donors (Lipinski definition) is 1. The van der Waals surface area contributed by atoms with Crippen molar-refractivity contribution < 1.29 is 24.2 Å². The molecule has 8 heteroatoms. The summed E-state index contributed by atoms with van der Waals surface area (Å²) >= 11 is 1.57. The standard InChI is InChI=1S/C23H32N2O5S/c1-2-3-11-24-12-7-10-23-18(20(27)25(13-8-14-26)19(23)21(24)28)17-16(31-23)9-5-4-6-15-30-22(17)29/h5,7,9-10,16-19,26H,2-4,6,8,11-15H2,1H3/b9-5-/t16-,17+,18-,19?,23-/m0/s1. The highest BCUT2D eigenvalue weighted by molar-refractivity contribution is 8.02. The minimum Gasteiger partial charge on any atom is -0.465 e. The Bertz CT molecular complexity index is 784. The molecule has 1 N–H and O–H groups in total. The van der Waals surface area contributed by atoms with Crippen LogP contribution in [0.5, 0.6) is 0 Å². The molecule has 2 saturated heterocycles.